The van der Waals surface area contributed by atoms with Crippen molar-refractivity contribution in [3.63, 3.8) is 0 Å². The summed E-state index contributed by atoms with van der Waals surface area (Å²) in [5, 5.41) is 0. The van der Waals surface area contributed by atoms with E-state index in [-0.39, 0.29) is 31.1 Å². The van der Waals surface area contributed by atoms with Gasteiger partial charge < -0.3 is 14.2 Å². The molecule has 0 aliphatic rings. The summed E-state index contributed by atoms with van der Waals surface area (Å²) in [6.45, 7) is 6.73. The van der Waals surface area contributed by atoms with E-state index in [1.165, 1.54) is 276 Å². The van der Waals surface area contributed by atoms with Crippen LogP contribution in [0, 0.1) is 0 Å². The molecule has 0 spiro atoms. The lowest BCUT2D eigenvalue weighted by Crippen LogP contribution is -2.30. The Morgan fingerprint density at radius 1 is 0.229 bits per heavy atom. The van der Waals surface area contributed by atoms with Crippen LogP contribution in [0.4, 0.5) is 0 Å². The van der Waals surface area contributed by atoms with E-state index < -0.39 is 6.10 Å². The zero-order valence-electron chi connectivity index (χ0n) is 47.8. The van der Waals surface area contributed by atoms with Crippen molar-refractivity contribution in [2.24, 2.45) is 0 Å². The average Bonchev–Trinajstić information content (AvgIpc) is 3.36. The number of unbranched alkanes of at least 4 members (excludes halogenated alkanes) is 49. The highest BCUT2D eigenvalue weighted by molar-refractivity contribution is 5.71. The summed E-state index contributed by atoms with van der Waals surface area (Å²) < 4.78 is 16.9. The van der Waals surface area contributed by atoms with Gasteiger partial charge in [-0.15, -0.1) is 0 Å². The molecule has 0 aromatic heterocycles. The van der Waals surface area contributed by atoms with Crippen molar-refractivity contribution in [2.75, 3.05) is 13.2 Å². The predicted molar refractivity (Wildman–Crippen MR) is 303 cm³/mol. The van der Waals surface area contributed by atoms with E-state index in [0.717, 1.165) is 57.8 Å². The van der Waals surface area contributed by atoms with Crippen molar-refractivity contribution in [1.29, 1.82) is 0 Å². The Morgan fingerprint density at radius 3 is 0.571 bits per heavy atom. The molecular weight excluding hydrogens is 865 g/mol. The Kier molecular flexibility index (Phi) is 58.6. The van der Waals surface area contributed by atoms with Crippen molar-refractivity contribution in [1.82, 2.24) is 0 Å². The van der Waals surface area contributed by atoms with E-state index >= 15 is 0 Å². The smallest absolute Gasteiger partial charge is 0.306 e. The fourth-order valence-electron chi connectivity index (χ4n) is 10.0. The van der Waals surface area contributed by atoms with E-state index in [0.29, 0.717) is 19.3 Å². The fourth-order valence-corrected chi connectivity index (χ4v) is 10.0. The summed E-state index contributed by atoms with van der Waals surface area (Å²) >= 11 is 0. The second-order valence-corrected chi connectivity index (χ2v) is 22.1. The highest BCUT2D eigenvalue weighted by Gasteiger charge is 2.19. The second-order valence-electron chi connectivity index (χ2n) is 22.1. The van der Waals surface area contributed by atoms with Crippen LogP contribution in [0.3, 0.4) is 0 Å². The molecule has 0 aromatic rings. The highest BCUT2D eigenvalue weighted by atomic mass is 16.6. The number of carbonyl (C=O) groups excluding carboxylic acids is 3. The summed E-state index contributed by atoms with van der Waals surface area (Å²) in [5.74, 6) is -0.825. The Labute approximate surface area is 438 Å². The van der Waals surface area contributed by atoms with E-state index in [2.05, 4.69) is 20.8 Å². The summed E-state index contributed by atoms with van der Waals surface area (Å²) in [7, 11) is 0. The van der Waals surface area contributed by atoms with Crippen LogP contribution in [0.1, 0.15) is 374 Å². The highest BCUT2D eigenvalue weighted by Crippen LogP contribution is 2.19. The first-order valence-corrected chi connectivity index (χ1v) is 32.0. The molecule has 0 aliphatic heterocycles. The third-order valence-corrected chi connectivity index (χ3v) is 14.9. The summed E-state index contributed by atoms with van der Waals surface area (Å²) in [4.78, 5) is 38.3. The van der Waals surface area contributed by atoms with Crippen LogP contribution in [0.25, 0.3) is 0 Å². The van der Waals surface area contributed by atoms with Crippen molar-refractivity contribution >= 4 is 17.9 Å². The van der Waals surface area contributed by atoms with Gasteiger partial charge in [-0.05, 0) is 19.3 Å². The maximum atomic E-state index is 12.9. The molecule has 416 valence electrons. The number of esters is 3. The molecule has 70 heavy (non-hydrogen) atoms. The third-order valence-electron chi connectivity index (χ3n) is 14.9. The van der Waals surface area contributed by atoms with Gasteiger partial charge in [-0.1, -0.05) is 335 Å². The van der Waals surface area contributed by atoms with Gasteiger partial charge in [0.05, 0.1) is 0 Å². The Bertz CT molecular complexity index is 1040. The first-order valence-electron chi connectivity index (χ1n) is 32.0. The molecule has 1 unspecified atom stereocenters. The maximum Gasteiger partial charge on any atom is 0.306 e. The molecule has 0 saturated carbocycles. The lowest BCUT2D eigenvalue weighted by atomic mass is 10.0. The van der Waals surface area contributed by atoms with Gasteiger partial charge in [0, 0.05) is 19.3 Å². The first-order chi connectivity index (χ1) is 34.5. The SMILES string of the molecule is CCCCCCCCCCCCCCCCCCCCCCC(=O)OCC(COC(=O)CCCCCCCCCCCCCCC)OC(=O)CCCCCCCCCCCCCCCCCCCCC. The molecule has 0 amide bonds. The van der Waals surface area contributed by atoms with E-state index in [1.807, 2.05) is 0 Å². The van der Waals surface area contributed by atoms with Crippen LogP contribution in [0.2, 0.25) is 0 Å². The van der Waals surface area contributed by atoms with Crippen LogP contribution in [-0.4, -0.2) is 37.2 Å². The zero-order valence-corrected chi connectivity index (χ0v) is 47.8. The Hall–Kier alpha value is -1.59. The molecule has 0 aliphatic carbocycles. The Morgan fingerprint density at radius 2 is 0.386 bits per heavy atom. The summed E-state index contributed by atoms with van der Waals surface area (Å²) in [5.41, 5.74) is 0. The molecule has 0 N–H and O–H groups in total. The minimum absolute atomic E-state index is 0.0605. The first kappa shape index (κ1) is 68.4. The van der Waals surface area contributed by atoms with Gasteiger partial charge in [-0.3, -0.25) is 14.4 Å². The van der Waals surface area contributed by atoms with Crippen LogP contribution in [0.15, 0.2) is 0 Å². The third kappa shape index (κ3) is 57.3. The topological polar surface area (TPSA) is 78.9 Å². The summed E-state index contributed by atoms with van der Waals surface area (Å²) in [6.07, 6.45) is 68.2. The molecule has 1 atom stereocenters. The van der Waals surface area contributed by atoms with Crippen molar-refractivity contribution < 1.29 is 28.6 Å². The molecule has 0 saturated heterocycles. The minimum atomic E-state index is -0.762. The molecule has 0 heterocycles. The van der Waals surface area contributed by atoms with Crippen molar-refractivity contribution in [2.45, 2.75) is 380 Å². The largest absolute Gasteiger partial charge is 0.462 e. The average molecular weight is 990 g/mol. The van der Waals surface area contributed by atoms with Crippen LogP contribution in [-0.2, 0) is 28.6 Å². The molecule has 0 radical (unpaired) electrons. The molecule has 6 nitrogen and oxygen atoms in total. The second kappa shape index (κ2) is 60.0. The molecule has 6 heteroatoms. The predicted octanol–water partition coefficient (Wildman–Crippen LogP) is 21.5. The van der Waals surface area contributed by atoms with Crippen molar-refractivity contribution in [3.8, 4) is 0 Å². The molecule has 0 aromatic carbocycles. The number of hydrogen-bond acceptors (Lipinski definition) is 6. The van der Waals surface area contributed by atoms with E-state index in [9.17, 15) is 14.4 Å². The number of carbonyl (C=O) groups is 3. The van der Waals surface area contributed by atoms with Crippen LogP contribution in [0.5, 0.6) is 0 Å². The van der Waals surface area contributed by atoms with Gasteiger partial charge in [-0.2, -0.15) is 0 Å². The maximum absolute atomic E-state index is 12.9. The normalized spacial score (nSPS) is 11.9. The monoisotopic (exact) mass is 989 g/mol. The molecule has 0 bridgehead atoms. The van der Waals surface area contributed by atoms with Crippen LogP contribution >= 0.6 is 0 Å². The van der Waals surface area contributed by atoms with Gasteiger partial charge in [0.15, 0.2) is 6.10 Å². The number of ether oxygens (including phenoxy) is 3. The Balaban J connectivity index is 4.24. The van der Waals surface area contributed by atoms with E-state index in [4.69, 9.17) is 14.2 Å². The lowest BCUT2D eigenvalue weighted by molar-refractivity contribution is -0.167. The van der Waals surface area contributed by atoms with Gasteiger partial charge in [0.1, 0.15) is 13.2 Å². The van der Waals surface area contributed by atoms with Gasteiger partial charge in [-0.25, -0.2) is 0 Å². The minimum Gasteiger partial charge on any atom is -0.462 e. The fraction of sp³-hybridized carbons (Fsp3) is 0.953. The van der Waals surface area contributed by atoms with Gasteiger partial charge >= 0.3 is 17.9 Å². The van der Waals surface area contributed by atoms with E-state index in [1.54, 1.807) is 0 Å². The lowest BCUT2D eigenvalue weighted by Gasteiger charge is -2.18. The molecule has 0 rings (SSSR count). The quantitative estimate of drug-likeness (QED) is 0.0343. The molecule has 0 fully saturated rings. The standard InChI is InChI=1S/C64H124O6/c1-4-7-10-13-16-19-22-25-27-29-31-33-34-36-39-42-45-48-51-54-57-63(66)69-60-61(59-68-62(65)56-53-50-47-44-41-38-24-21-18-15-12-9-6-3)70-64(67)58-55-52-49-46-43-40-37-35-32-30-28-26-23-20-17-14-11-8-5-2/h61H,4-60H2,1-3H3. The van der Waals surface area contributed by atoms with Gasteiger partial charge in [0.25, 0.3) is 0 Å². The van der Waals surface area contributed by atoms with Gasteiger partial charge in [0.2, 0.25) is 0 Å². The summed E-state index contributed by atoms with van der Waals surface area (Å²) in [6, 6.07) is 0. The zero-order chi connectivity index (χ0) is 50.7. The number of rotatable bonds is 60. The molecular formula is C64H124O6. The van der Waals surface area contributed by atoms with Crippen molar-refractivity contribution in [3.05, 3.63) is 0 Å². The van der Waals surface area contributed by atoms with Crippen LogP contribution < -0.4 is 0 Å². The number of hydrogen-bond donors (Lipinski definition) is 0.